The van der Waals surface area contributed by atoms with Crippen LogP contribution >= 0.6 is 0 Å². The molecule has 1 N–H and O–H groups in total. The number of aryl methyl sites for hydroxylation is 1. The topological polar surface area (TPSA) is 103 Å². The highest BCUT2D eigenvalue weighted by Gasteiger charge is 2.21. The Kier molecular flexibility index (Phi) is 10.8. The molecule has 0 unspecified atom stereocenters. The summed E-state index contributed by atoms with van der Waals surface area (Å²) in [6, 6.07) is 13.9. The molecule has 2 heterocycles. The number of esters is 1. The fourth-order valence-electron chi connectivity index (χ4n) is 3.91. The van der Waals surface area contributed by atoms with Crippen molar-refractivity contribution < 1.29 is 19.1 Å². The van der Waals surface area contributed by atoms with E-state index in [1.807, 2.05) is 42.5 Å². The average Bonchev–Trinajstić information content (AvgIpc) is 2.91. The number of carbonyl (C=O) groups excluding carboxylic acids is 2. The minimum absolute atomic E-state index is 0.121. The highest BCUT2D eigenvalue weighted by molar-refractivity contribution is 5.80. The summed E-state index contributed by atoms with van der Waals surface area (Å²) in [5, 5.41) is 3.36. The molecule has 190 valence electrons. The molecule has 1 aromatic carbocycles. The molecule has 0 aliphatic carbocycles. The second-order valence-electron chi connectivity index (χ2n) is 8.54. The van der Waals surface area contributed by atoms with Crippen molar-refractivity contribution >= 4 is 17.6 Å². The maximum absolute atomic E-state index is 12.7. The zero-order chi connectivity index (χ0) is 25.6. The van der Waals surface area contributed by atoms with Crippen molar-refractivity contribution in [3.8, 4) is 5.75 Å². The number of pyridine rings is 1. The Labute approximate surface area is 212 Å². The van der Waals surface area contributed by atoms with Crippen LogP contribution in [0.2, 0.25) is 0 Å². The fourth-order valence-corrected chi connectivity index (χ4v) is 3.91. The van der Waals surface area contributed by atoms with Gasteiger partial charge in [0.1, 0.15) is 23.7 Å². The molecule has 36 heavy (non-hydrogen) atoms. The number of hydrogen-bond donors (Lipinski definition) is 1. The van der Waals surface area contributed by atoms with Crippen molar-refractivity contribution in [3.63, 3.8) is 0 Å². The number of carbonyl (C=O) groups is 2. The molecule has 8 nitrogen and oxygen atoms in total. The molecule has 3 aromatic rings. The molecule has 0 saturated carbocycles. The predicted molar refractivity (Wildman–Crippen MR) is 138 cm³/mol. The van der Waals surface area contributed by atoms with E-state index in [0.29, 0.717) is 19.6 Å². The van der Waals surface area contributed by atoms with Crippen LogP contribution in [0.25, 0.3) is 0 Å². The van der Waals surface area contributed by atoms with E-state index in [1.54, 1.807) is 26.4 Å². The lowest BCUT2D eigenvalue weighted by Crippen LogP contribution is -2.14. The Bertz CT molecular complexity index is 1090. The summed E-state index contributed by atoms with van der Waals surface area (Å²) in [6.45, 7) is 2.76. The van der Waals surface area contributed by atoms with Gasteiger partial charge >= 0.3 is 5.97 Å². The number of rotatable bonds is 15. The van der Waals surface area contributed by atoms with E-state index in [4.69, 9.17) is 14.5 Å². The van der Waals surface area contributed by atoms with Crippen molar-refractivity contribution in [3.05, 3.63) is 78.0 Å². The first kappa shape index (κ1) is 26.8. The van der Waals surface area contributed by atoms with Crippen LogP contribution in [-0.4, -0.2) is 40.4 Å². The molecule has 0 saturated heterocycles. The quantitative estimate of drug-likeness (QED) is 0.237. The van der Waals surface area contributed by atoms with Gasteiger partial charge in [0.05, 0.1) is 20.1 Å². The molecule has 0 aliphatic rings. The lowest BCUT2D eigenvalue weighted by atomic mass is 9.91. The van der Waals surface area contributed by atoms with Crippen LogP contribution in [0.5, 0.6) is 5.75 Å². The molecule has 2 aromatic heterocycles. The summed E-state index contributed by atoms with van der Waals surface area (Å²) in [4.78, 5) is 37.4. The van der Waals surface area contributed by atoms with Gasteiger partial charge < -0.3 is 14.8 Å². The second kappa shape index (κ2) is 14.6. The Morgan fingerprint density at radius 1 is 1.00 bits per heavy atom. The van der Waals surface area contributed by atoms with Crippen molar-refractivity contribution in [1.82, 2.24) is 15.0 Å². The summed E-state index contributed by atoms with van der Waals surface area (Å²) in [5.74, 6) is 1.20. The lowest BCUT2D eigenvalue weighted by Gasteiger charge is -2.15. The number of benzene rings is 1. The smallest absolute Gasteiger partial charge is 0.306 e. The number of aromatic nitrogens is 3. The Hall–Kier alpha value is -3.81. The van der Waals surface area contributed by atoms with E-state index in [1.165, 1.54) is 6.33 Å². The highest BCUT2D eigenvalue weighted by atomic mass is 16.5. The van der Waals surface area contributed by atoms with Crippen LogP contribution in [0, 0.1) is 0 Å². The van der Waals surface area contributed by atoms with Gasteiger partial charge in [-0.15, -0.1) is 0 Å². The van der Waals surface area contributed by atoms with Crippen molar-refractivity contribution in [2.24, 2.45) is 0 Å². The van der Waals surface area contributed by atoms with Gasteiger partial charge in [-0.05, 0) is 61.6 Å². The number of nitrogens with zero attached hydrogens (tertiary/aromatic N) is 3. The molecule has 0 fully saturated rings. The molecule has 0 radical (unpaired) electrons. The summed E-state index contributed by atoms with van der Waals surface area (Å²) in [7, 11) is 1.65. The minimum Gasteiger partial charge on any atom is -0.497 e. The second-order valence-corrected chi connectivity index (χ2v) is 8.54. The maximum atomic E-state index is 12.7. The zero-order valence-electron chi connectivity index (χ0n) is 21.0. The molecule has 0 bridgehead atoms. The first-order chi connectivity index (χ1) is 17.6. The summed E-state index contributed by atoms with van der Waals surface area (Å²) >= 11 is 0. The van der Waals surface area contributed by atoms with Gasteiger partial charge in [-0.2, -0.15) is 0 Å². The number of ketones is 1. The molecule has 0 amide bonds. The Balaban J connectivity index is 1.43. The monoisotopic (exact) mass is 490 g/mol. The lowest BCUT2D eigenvalue weighted by molar-refractivity contribution is -0.143. The zero-order valence-corrected chi connectivity index (χ0v) is 21.0. The summed E-state index contributed by atoms with van der Waals surface area (Å²) in [5.41, 5.74) is 2.91. The molecular formula is C28H34N4O4. The molecular weight excluding hydrogens is 456 g/mol. The van der Waals surface area contributed by atoms with E-state index >= 15 is 0 Å². The average molecular weight is 491 g/mol. The van der Waals surface area contributed by atoms with Gasteiger partial charge in [0.25, 0.3) is 0 Å². The number of nitrogens with one attached hydrogen (secondary N) is 1. The third-order valence-electron chi connectivity index (χ3n) is 5.82. The van der Waals surface area contributed by atoms with Gasteiger partial charge in [-0.25, -0.2) is 15.0 Å². The van der Waals surface area contributed by atoms with Gasteiger partial charge in [-0.1, -0.05) is 18.2 Å². The number of unbranched alkanes of at least 4 members (excludes halogenated alkanes) is 1. The van der Waals surface area contributed by atoms with Crippen LogP contribution in [0.15, 0.2) is 61.2 Å². The first-order valence-electron chi connectivity index (χ1n) is 12.3. The minimum atomic E-state index is -0.314. The van der Waals surface area contributed by atoms with Crippen LogP contribution < -0.4 is 10.1 Å². The SMILES string of the molecule is CCOC(=O)C[C@@H](CC(=O)CCCCc1cccc(NCc2ccc(OC)cc2)n1)c1cncnc1. The first-order valence-corrected chi connectivity index (χ1v) is 12.3. The van der Waals surface area contributed by atoms with E-state index in [2.05, 4.69) is 15.3 Å². The molecule has 0 spiro atoms. The number of ether oxygens (including phenoxy) is 2. The van der Waals surface area contributed by atoms with E-state index < -0.39 is 0 Å². The predicted octanol–water partition coefficient (Wildman–Crippen LogP) is 4.90. The standard InChI is InChI=1S/C28H34N4O4/c1-3-36-28(34)16-22(23-18-29-20-30-19-23)15-25(33)9-5-4-7-24-8-6-10-27(32-24)31-17-21-11-13-26(35-2)14-12-21/h6,8,10-14,18-20,22H,3-5,7,9,15-17H2,1-2H3,(H,31,32)/t22-/m1/s1. The van der Waals surface area contributed by atoms with Crippen LogP contribution in [0.1, 0.15) is 61.8 Å². The van der Waals surface area contributed by atoms with Crippen molar-refractivity contribution in [2.45, 2.75) is 57.9 Å². The van der Waals surface area contributed by atoms with E-state index in [0.717, 1.165) is 47.7 Å². The third kappa shape index (κ3) is 9.09. The van der Waals surface area contributed by atoms with Gasteiger partial charge in [0.15, 0.2) is 0 Å². The Morgan fingerprint density at radius 3 is 2.50 bits per heavy atom. The van der Waals surface area contributed by atoms with Crippen LogP contribution in [0.3, 0.4) is 0 Å². The molecule has 1 atom stereocenters. The van der Waals surface area contributed by atoms with Gasteiger partial charge in [-0.3, -0.25) is 9.59 Å². The maximum Gasteiger partial charge on any atom is 0.306 e. The number of hydrogen-bond acceptors (Lipinski definition) is 8. The fraction of sp³-hybridized carbons (Fsp3) is 0.393. The highest BCUT2D eigenvalue weighted by Crippen LogP contribution is 2.24. The Morgan fingerprint density at radius 2 is 1.78 bits per heavy atom. The molecule has 3 rings (SSSR count). The normalized spacial score (nSPS) is 11.5. The molecule has 0 aliphatic heterocycles. The van der Waals surface area contributed by atoms with Gasteiger partial charge in [0, 0.05) is 43.4 Å². The largest absolute Gasteiger partial charge is 0.497 e. The van der Waals surface area contributed by atoms with E-state index in [9.17, 15) is 9.59 Å². The van der Waals surface area contributed by atoms with Crippen LogP contribution in [-0.2, 0) is 27.3 Å². The van der Waals surface area contributed by atoms with Crippen molar-refractivity contribution in [1.29, 1.82) is 0 Å². The number of anilines is 1. The summed E-state index contributed by atoms with van der Waals surface area (Å²) in [6.07, 6.45) is 8.05. The van der Waals surface area contributed by atoms with Crippen LogP contribution in [0.4, 0.5) is 5.82 Å². The third-order valence-corrected chi connectivity index (χ3v) is 5.82. The van der Waals surface area contributed by atoms with Crippen molar-refractivity contribution in [2.75, 3.05) is 19.0 Å². The molecule has 8 heteroatoms. The van der Waals surface area contributed by atoms with Gasteiger partial charge in [0.2, 0.25) is 0 Å². The number of Topliss-reactive ketones (excluding diaryl/α,β-unsaturated/α-hetero) is 1. The number of methoxy groups -OCH3 is 1. The van der Waals surface area contributed by atoms with E-state index in [-0.39, 0.29) is 30.5 Å². The summed E-state index contributed by atoms with van der Waals surface area (Å²) < 4.78 is 10.3.